The van der Waals surface area contributed by atoms with Crippen LogP contribution in [0.15, 0.2) is 59.5 Å². The number of nitrogens with one attached hydrogen (secondary N) is 1. The number of hydrogen-bond acceptors (Lipinski definition) is 7. The molecule has 13 heteroatoms. The molecule has 0 radical (unpaired) electrons. The number of nitrogens with two attached hydrogens (primary N) is 1. The van der Waals surface area contributed by atoms with Crippen LogP contribution in [0.3, 0.4) is 0 Å². The normalized spacial score (nSPS) is 12.9. The third-order valence-corrected chi connectivity index (χ3v) is 5.72. The third-order valence-electron chi connectivity index (χ3n) is 4.82. The van der Waals surface area contributed by atoms with Gasteiger partial charge in [0.15, 0.2) is 11.6 Å². The van der Waals surface area contributed by atoms with Crippen molar-refractivity contribution < 1.29 is 40.5 Å². The molecule has 0 fully saturated rings. The van der Waals surface area contributed by atoms with E-state index in [-0.39, 0.29) is 57.6 Å². The van der Waals surface area contributed by atoms with Crippen LogP contribution < -0.4 is 15.8 Å². The summed E-state index contributed by atoms with van der Waals surface area (Å²) in [6.07, 6.45) is -4.96. The van der Waals surface area contributed by atoms with Crippen LogP contribution in [-0.4, -0.2) is 60.5 Å². The van der Waals surface area contributed by atoms with E-state index in [2.05, 4.69) is 10.1 Å². The second kappa shape index (κ2) is 9.04. The van der Waals surface area contributed by atoms with Gasteiger partial charge in [-0.15, -0.1) is 13.2 Å². The molecule has 0 bridgehead atoms. The number of ether oxygens (including phenoxy) is 1. The summed E-state index contributed by atoms with van der Waals surface area (Å²) in [6, 6.07) is 11.1. The molecule has 0 unspecified atom stereocenters. The van der Waals surface area contributed by atoms with Crippen molar-refractivity contribution >= 4 is 68.3 Å². The molecule has 172 valence electrons. The number of alkyl halides is 3. The maximum absolute atomic E-state index is 13.2. The van der Waals surface area contributed by atoms with E-state index in [1.54, 1.807) is 0 Å². The van der Waals surface area contributed by atoms with Gasteiger partial charge in [0.1, 0.15) is 10.6 Å². The van der Waals surface area contributed by atoms with Crippen molar-refractivity contribution in [1.82, 2.24) is 0 Å². The first-order valence-corrected chi connectivity index (χ1v) is 10.6. The molecule has 0 amide bonds. The number of halogens is 3. The minimum absolute atomic E-state index is 0. The van der Waals surface area contributed by atoms with Gasteiger partial charge in [0.2, 0.25) is 0 Å². The average molecular weight is 502 g/mol. The molecular weight excluding hydrogens is 488 g/mol. The molecule has 0 saturated heterocycles. The van der Waals surface area contributed by atoms with Crippen molar-refractivity contribution in [3.05, 3.63) is 76.9 Å². The van der Waals surface area contributed by atoms with Gasteiger partial charge in [0, 0.05) is 22.9 Å². The molecule has 0 spiro atoms. The van der Waals surface area contributed by atoms with Crippen molar-refractivity contribution in [2.75, 3.05) is 11.1 Å². The topological polar surface area (TPSA) is 136 Å². The number of anilines is 3. The predicted molar refractivity (Wildman–Crippen MR) is 118 cm³/mol. The van der Waals surface area contributed by atoms with Gasteiger partial charge in [-0.3, -0.25) is 14.1 Å². The minimum atomic E-state index is -4.96. The Kier molecular flexibility index (Phi) is 6.84. The van der Waals surface area contributed by atoms with Gasteiger partial charge < -0.3 is 15.8 Å². The average Bonchev–Trinajstić information content (AvgIpc) is 2.71. The SMILES string of the molecule is Nc1c(S(=O)(=O)O)cc(Nc2cccc(OC(F)(F)F)c2)c2c1C(=O)c1ccccc1C2=O.[NaH]. The molecule has 0 saturated carbocycles. The summed E-state index contributed by atoms with van der Waals surface area (Å²) in [5, 5.41) is 2.63. The van der Waals surface area contributed by atoms with Gasteiger partial charge in [-0.1, -0.05) is 30.3 Å². The molecule has 8 nitrogen and oxygen atoms in total. The Bertz CT molecular complexity index is 1440. The third kappa shape index (κ3) is 4.81. The van der Waals surface area contributed by atoms with Gasteiger partial charge in [-0.05, 0) is 18.2 Å². The van der Waals surface area contributed by atoms with Crippen molar-refractivity contribution in [3.63, 3.8) is 0 Å². The summed E-state index contributed by atoms with van der Waals surface area (Å²) >= 11 is 0. The Balaban J connectivity index is 0.00000324. The number of benzene rings is 3. The first-order valence-electron chi connectivity index (χ1n) is 9.12. The Labute approximate surface area is 212 Å². The molecule has 4 N–H and O–H groups in total. The van der Waals surface area contributed by atoms with Crippen LogP contribution in [-0.2, 0) is 10.1 Å². The van der Waals surface area contributed by atoms with Crippen LogP contribution in [0.2, 0.25) is 0 Å². The van der Waals surface area contributed by atoms with Crippen LogP contribution in [0.25, 0.3) is 0 Å². The monoisotopic (exact) mass is 502 g/mol. The van der Waals surface area contributed by atoms with E-state index in [9.17, 15) is 35.7 Å². The van der Waals surface area contributed by atoms with E-state index in [0.717, 1.165) is 18.2 Å². The Morgan fingerprint density at radius 2 is 1.50 bits per heavy atom. The number of fused-ring (bicyclic) bond motifs is 2. The first kappa shape index (κ1) is 25.7. The van der Waals surface area contributed by atoms with E-state index in [0.29, 0.717) is 0 Å². The summed E-state index contributed by atoms with van der Waals surface area (Å²) in [7, 11) is -4.93. The van der Waals surface area contributed by atoms with Gasteiger partial charge in [-0.25, -0.2) is 0 Å². The van der Waals surface area contributed by atoms with E-state index in [1.807, 2.05) is 0 Å². The number of ketones is 2. The summed E-state index contributed by atoms with van der Waals surface area (Å²) in [4.78, 5) is 25.4. The number of rotatable bonds is 4. The molecule has 34 heavy (non-hydrogen) atoms. The Morgan fingerprint density at radius 1 is 0.912 bits per heavy atom. The molecule has 1 aliphatic rings. The zero-order valence-corrected chi connectivity index (χ0v) is 17.1. The number of nitrogen functional groups attached to an aromatic ring is 1. The number of carbonyl (C=O) groups is 2. The molecule has 4 rings (SSSR count). The molecular formula is C21H14F3N2NaO6S. The fourth-order valence-electron chi connectivity index (χ4n) is 3.53. The van der Waals surface area contributed by atoms with Crippen LogP contribution >= 0.6 is 0 Å². The van der Waals surface area contributed by atoms with Gasteiger partial charge in [0.25, 0.3) is 10.1 Å². The molecule has 3 aromatic carbocycles. The zero-order chi connectivity index (χ0) is 24.1. The van der Waals surface area contributed by atoms with E-state index in [1.165, 1.54) is 36.4 Å². The molecule has 0 aromatic heterocycles. The van der Waals surface area contributed by atoms with Gasteiger partial charge in [0.05, 0.1) is 22.5 Å². The fourth-order valence-corrected chi connectivity index (χ4v) is 4.18. The van der Waals surface area contributed by atoms with Crippen LogP contribution in [0, 0.1) is 0 Å². The van der Waals surface area contributed by atoms with Crippen molar-refractivity contribution in [1.29, 1.82) is 0 Å². The maximum atomic E-state index is 13.2. The molecule has 3 aromatic rings. The Morgan fingerprint density at radius 3 is 2.06 bits per heavy atom. The van der Waals surface area contributed by atoms with Crippen molar-refractivity contribution in [3.8, 4) is 5.75 Å². The standard InChI is InChI=1S/C21H13F3N2O6S.Na.H/c22-21(23,24)32-11-5-3-4-10(8-11)26-14-9-15(33(29,30)31)18(25)17-16(14)19(27)12-6-1-2-7-13(12)20(17)28;;/h1-9,26H,25H2,(H,29,30,31);;. The van der Waals surface area contributed by atoms with Gasteiger partial charge in [-0.2, -0.15) is 8.42 Å². The van der Waals surface area contributed by atoms with E-state index >= 15 is 0 Å². The summed E-state index contributed by atoms with van der Waals surface area (Å²) in [5.41, 5.74) is 4.25. The van der Waals surface area contributed by atoms with E-state index in [4.69, 9.17) is 5.73 Å². The Hall–Kier alpha value is -2.90. The van der Waals surface area contributed by atoms with Crippen LogP contribution in [0.1, 0.15) is 31.8 Å². The van der Waals surface area contributed by atoms with Crippen molar-refractivity contribution in [2.45, 2.75) is 11.3 Å². The number of hydrogen-bond donors (Lipinski definition) is 3. The first-order chi connectivity index (χ1) is 15.4. The summed E-state index contributed by atoms with van der Waals surface area (Å²) in [5.74, 6) is -2.00. The summed E-state index contributed by atoms with van der Waals surface area (Å²) in [6.45, 7) is 0. The molecule has 0 heterocycles. The molecule has 0 aliphatic heterocycles. The van der Waals surface area contributed by atoms with Crippen LogP contribution in [0.5, 0.6) is 5.75 Å². The number of carbonyl (C=O) groups excluding carboxylic acids is 2. The fraction of sp³-hybridized carbons (Fsp3) is 0.0476. The molecule has 1 aliphatic carbocycles. The second-order valence-electron chi connectivity index (χ2n) is 6.97. The van der Waals surface area contributed by atoms with Gasteiger partial charge >= 0.3 is 35.9 Å². The predicted octanol–water partition coefficient (Wildman–Crippen LogP) is 3.28. The zero-order valence-electron chi connectivity index (χ0n) is 16.3. The second-order valence-corrected chi connectivity index (χ2v) is 8.36. The van der Waals surface area contributed by atoms with Crippen LogP contribution in [0.4, 0.5) is 30.2 Å². The molecule has 0 atom stereocenters. The van der Waals surface area contributed by atoms with Crippen molar-refractivity contribution in [2.24, 2.45) is 0 Å². The quantitative estimate of drug-likeness (QED) is 0.220. The van der Waals surface area contributed by atoms with E-state index < -0.39 is 49.9 Å². The summed E-state index contributed by atoms with van der Waals surface area (Å²) < 4.78 is 74.9.